The second-order valence-electron chi connectivity index (χ2n) is 7.19. The molecule has 1 aromatic carbocycles. The third-order valence-corrected chi connectivity index (χ3v) is 6.48. The van der Waals surface area contributed by atoms with Gasteiger partial charge in [-0.05, 0) is 30.5 Å². The number of carbonyl (C=O) groups excluding carboxylic acids is 1. The Hall–Kier alpha value is -1.51. The number of halogens is 1. The van der Waals surface area contributed by atoms with Crippen molar-refractivity contribution in [1.29, 1.82) is 0 Å². The van der Waals surface area contributed by atoms with Gasteiger partial charge in [0.05, 0.1) is 12.2 Å². The third-order valence-electron chi connectivity index (χ3n) is 5.21. The van der Waals surface area contributed by atoms with E-state index < -0.39 is 10.0 Å². The first-order chi connectivity index (χ1) is 12.3. The van der Waals surface area contributed by atoms with Gasteiger partial charge < -0.3 is 4.90 Å². The molecule has 0 aliphatic carbocycles. The van der Waals surface area contributed by atoms with Crippen molar-refractivity contribution in [1.82, 2.24) is 14.1 Å². The molecule has 1 atom stereocenters. The molecule has 2 fully saturated rings. The molecule has 0 bridgehead atoms. The maximum atomic E-state index is 13.0. The van der Waals surface area contributed by atoms with E-state index in [0.717, 1.165) is 38.0 Å². The normalized spacial score (nSPS) is 23.2. The summed E-state index contributed by atoms with van der Waals surface area (Å²) in [6.45, 7) is 4.39. The predicted octanol–water partition coefficient (Wildman–Crippen LogP) is 1.14. The van der Waals surface area contributed by atoms with E-state index in [9.17, 15) is 17.6 Å². The quantitative estimate of drug-likeness (QED) is 0.782. The van der Waals surface area contributed by atoms with Crippen molar-refractivity contribution >= 4 is 15.9 Å². The summed E-state index contributed by atoms with van der Waals surface area (Å²) >= 11 is 0. The number of benzene rings is 1. The number of amides is 1. The minimum Gasteiger partial charge on any atom is -0.340 e. The molecule has 1 aromatic rings. The van der Waals surface area contributed by atoms with E-state index in [1.807, 2.05) is 4.90 Å². The Morgan fingerprint density at radius 3 is 2.38 bits per heavy atom. The summed E-state index contributed by atoms with van der Waals surface area (Å²) in [6, 6.07) is 6.50. The molecule has 1 unspecified atom stereocenters. The van der Waals surface area contributed by atoms with Gasteiger partial charge in [-0.15, -0.1) is 0 Å². The van der Waals surface area contributed by atoms with E-state index >= 15 is 0 Å². The summed E-state index contributed by atoms with van der Waals surface area (Å²) in [7, 11) is -3.24. The fourth-order valence-electron chi connectivity index (χ4n) is 3.68. The lowest BCUT2D eigenvalue weighted by molar-refractivity contribution is -0.138. The lowest BCUT2D eigenvalue weighted by Crippen LogP contribution is -2.52. The standard InChI is InChI=1S/C18H26FN3O3S/c1-26(24,25)22-8-2-3-16(14-22)18(23)21-11-9-20(10-12-21)13-15-4-6-17(19)7-5-15/h4-7,16H,2-3,8-14H2,1H3. The van der Waals surface area contributed by atoms with Crippen molar-refractivity contribution in [3.63, 3.8) is 0 Å². The number of carbonyl (C=O) groups is 1. The largest absolute Gasteiger partial charge is 0.340 e. The van der Waals surface area contributed by atoms with Gasteiger partial charge >= 0.3 is 0 Å². The molecule has 0 aromatic heterocycles. The highest BCUT2D eigenvalue weighted by Gasteiger charge is 2.33. The predicted molar refractivity (Wildman–Crippen MR) is 97.4 cm³/mol. The number of nitrogens with zero attached hydrogens (tertiary/aromatic N) is 3. The van der Waals surface area contributed by atoms with Crippen LogP contribution in [0, 0.1) is 11.7 Å². The number of hydrogen-bond acceptors (Lipinski definition) is 4. The Balaban J connectivity index is 1.51. The van der Waals surface area contributed by atoms with Gasteiger partial charge in [0.25, 0.3) is 0 Å². The highest BCUT2D eigenvalue weighted by atomic mass is 32.2. The molecule has 3 rings (SSSR count). The fourth-order valence-corrected chi connectivity index (χ4v) is 4.59. The zero-order valence-electron chi connectivity index (χ0n) is 15.1. The maximum absolute atomic E-state index is 13.0. The first-order valence-electron chi connectivity index (χ1n) is 9.03. The third kappa shape index (κ3) is 4.81. The molecular weight excluding hydrogens is 357 g/mol. The van der Waals surface area contributed by atoms with Crippen LogP contribution in [-0.4, -0.2) is 74.0 Å². The second kappa shape index (κ2) is 8.02. The number of piperidine rings is 1. The molecule has 8 heteroatoms. The molecule has 0 spiro atoms. The summed E-state index contributed by atoms with van der Waals surface area (Å²) in [6.07, 6.45) is 2.68. The topological polar surface area (TPSA) is 60.9 Å². The van der Waals surface area contributed by atoms with Gasteiger partial charge in [-0.1, -0.05) is 12.1 Å². The maximum Gasteiger partial charge on any atom is 0.227 e. The molecule has 2 heterocycles. The van der Waals surface area contributed by atoms with Gasteiger partial charge in [0.15, 0.2) is 0 Å². The molecule has 2 saturated heterocycles. The van der Waals surface area contributed by atoms with E-state index in [4.69, 9.17) is 0 Å². The number of rotatable bonds is 4. The van der Waals surface area contributed by atoms with Crippen LogP contribution in [0.4, 0.5) is 4.39 Å². The minimum atomic E-state index is -3.24. The Morgan fingerprint density at radius 1 is 1.12 bits per heavy atom. The van der Waals surface area contributed by atoms with Crippen molar-refractivity contribution < 1.29 is 17.6 Å². The van der Waals surface area contributed by atoms with Crippen LogP contribution in [-0.2, 0) is 21.4 Å². The van der Waals surface area contributed by atoms with Crippen molar-refractivity contribution in [3.8, 4) is 0 Å². The van der Waals surface area contributed by atoms with Crippen LogP contribution in [0.25, 0.3) is 0 Å². The highest BCUT2D eigenvalue weighted by molar-refractivity contribution is 7.88. The summed E-state index contributed by atoms with van der Waals surface area (Å²) in [4.78, 5) is 16.9. The monoisotopic (exact) mass is 383 g/mol. The molecule has 0 N–H and O–H groups in total. The van der Waals surface area contributed by atoms with Gasteiger partial charge in [0.2, 0.25) is 15.9 Å². The van der Waals surface area contributed by atoms with Crippen LogP contribution in [0.3, 0.4) is 0 Å². The Bertz CT molecular complexity index is 731. The zero-order valence-corrected chi connectivity index (χ0v) is 15.9. The molecule has 26 heavy (non-hydrogen) atoms. The number of piperazine rings is 1. The van der Waals surface area contributed by atoms with E-state index in [2.05, 4.69) is 4.90 Å². The first-order valence-corrected chi connectivity index (χ1v) is 10.9. The molecule has 0 radical (unpaired) electrons. The summed E-state index contributed by atoms with van der Waals surface area (Å²) in [5.41, 5.74) is 1.06. The van der Waals surface area contributed by atoms with E-state index in [1.54, 1.807) is 12.1 Å². The summed E-state index contributed by atoms with van der Waals surface area (Å²) in [5, 5.41) is 0. The van der Waals surface area contributed by atoms with E-state index in [1.165, 1.54) is 22.7 Å². The lowest BCUT2D eigenvalue weighted by Gasteiger charge is -2.38. The molecule has 0 saturated carbocycles. The van der Waals surface area contributed by atoms with Crippen molar-refractivity contribution in [3.05, 3.63) is 35.6 Å². The fraction of sp³-hybridized carbons (Fsp3) is 0.611. The second-order valence-corrected chi connectivity index (χ2v) is 9.17. The average molecular weight is 383 g/mol. The minimum absolute atomic E-state index is 0.0692. The lowest BCUT2D eigenvalue weighted by atomic mass is 9.97. The van der Waals surface area contributed by atoms with Gasteiger partial charge in [0.1, 0.15) is 5.82 Å². The average Bonchev–Trinajstić information content (AvgIpc) is 2.63. The zero-order chi connectivity index (χ0) is 18.7. The SMILES string of the molecule is CS(=O)(=O)N1CCCC(C(=O)N2CCN(Cc3ccc(F)cc3)CC2)C1. The number of sulfonamides is 1. The Morgan fingerprint density at radius 2 is 1.77 bits per heavy atom. The molecule has 2 aliphatic rings. The molecule has 1 amide bonds. The molecule has 144 valence electrons. The highest BCUT2D eigenvalue weighted by Crippen LogP contribution is 2.21. The van der Waals surface area contributed by atoms with Gasteiger partial charge in [-0.2, -0.15) is 0 Å². The summed E-state index contributed by atoms with van der Waals surface area (Å²) < 4.78 is 37.9. The molecule has 2 aliphatic heterocycles. The van der Waals surface area contributed by atoms with Crippen LogP contribution >= 0.6 is 0 Å². The first kappa shape index (κ1) is 19.3. The Kier molecular flexibility index (Phi) is 5.94. The molecule has 6 nitrogen and oxygen atoms in total. The van der Waals surface area contributed by atoms with Crippen molar-refractivity contribution in [2.45, 2.75) is 19.4 Å². The van der Waals surface area contributed by atoms with E-state index in [-0.39, 0.29) is 17.6 Å². The summed E-state index contributed by atoms with van der Waals surface area (Å²) in [5.74, 6) is -0.401. The van der Waals surface area contributed by atoms with Crippen molar-refractivity contribution in [2.24, 2.45) is 5.92 Å². The smallest absolute Gasteiger partial charge is 0.227 e. The van der Waals surface area contributed by atoms with Crippen LogP contribution in [0.2, 0.25) is 0 Å². The van der Waals surface area contributed by atoms with Gasteiger partial charge in [-0.3, -0.25) is 9.69 Å². The van der Waals surface area contributed by atoms with Crippen LogP contribution in [0.5, 0.6) is 0 Å². The molecular formula is C18H26FN3O3S. The Labute approximate surface area is 154 Å². The van der Waals surface area contributed by atoms with Crippen LogP contribution < -0.4 is 0 Å². The van der Waals surface area contributed by atoms with Crippen LogP contribution in [0.1, 0.15) is 18.4 Å². The van der Waals surface area contributed by atoms with Crippen LogP contribution in [0.15, 0.2) is 24.3 Å². The van der Waals surface area contributed by atoms with Crippen molar-refractivity contribution in [2.75, 3.05) is 45.5 Å². The van der Waals surface area contributed by atoms with Gasteiger partial charge in [-0.25, -0.2) is 17.1 Å². The van der Waals surface area contributed by atoms with E-state index in [0.29, 0.717) is 26.2 Å². The number of hydrogen-bond donors (Lipinski definition) is 0. The van der Waals surface area contributed by atoms with Gasteiger partial charge in [0, 0.05) is 45.8 Å².